The second-order valence-corrected chi connectivity index (χ2v) is 11.4. The Morgan fingerprint density at radius 2 is 0.946 bits per heavy atom. The first kappa shape index (κ1) is 32.6. The lowest BCUT2D eigenvalue weighted by atomic mass is 9.85. The molecule has 2 aromatic rings. The van der Waals surface area contributed by atoms with Gasteiger partial charge in [-0.3, -0.25) is 9.59 Å². The number of ether oxygens (including phenoxy) is 2. The van der Waals surface area contributed by atoms with Crippen LogP contribution in [0.4, 0.5) is 0 Å². The highest BCUT2D eigenvalue weighted by Crippen LogP contribution is 2.24. The van der Waals surface area contributed by atoms with Crippen LogP contribution in [0.15, 0.2) is 48.5 Å². The maximum absolute atomic E-state index is 13.5. The van der Waals surface area contributed by atoms with Crippen LogP contribution in [0, 0.1) is 11.8 Å². The third kappa shape index (κ3) is 11.2. The van der Waals surface area contributed by atoms with Gasteiger partial charge in [0.05, 0.1) is 14.2 Å². The molecule has 0 heterocycles. The van der Waals surface area contributed by atoms with Crippen molar-refractivity contribution in [2.45, 2.75) is 65.5 Å². The number of rotatable bonds is 13. The van der Waals surface area contributed by atoms with Crippen molar-refractivity contribution >= 4 is 11.6 Å². The highest BCUT2D eigenvalue weighted by molar-refractivity contribution is 5.99. The summed E-state index contributed by atoms with van der Waals surface area (Å²) in [6.07, 6.45) is 1.21. The number of hydrogen-bond acceptors (Lipinski definition) is 6. The predicted molar refractivity (Wildman–Crippen MR) is 146 cm³/mol. The number of ketones is 2. The van der Waals surface area contributed by atoms with Crippen LogP contribution in [-0.4, -0.2) is 50.0 Å². The summed E-state index contributed by atoms with van der Waals surface area (Å²) < 4.78 is 10.5. The summed E-state index contributed by atoms with van der Waals surface area (Å²) in [5.41, 5.74) is 1.07. The lowest BCUT2D eigenvalue weighted by Gasteiger charge is -2.28. The number of methoxy groups -OCH3 is 2. The molecule has 206 valence electrons. The molecule has 2 unspecified atom stereocenters. The fourth-order valence-corrected chi connectivity index (χ4v) is 3.89. The molecule has 0 aromatic heterocycles. The first-order valence-electron chi connectivity index (χ1n) is 12.7. The largest absolute Gasteiger partial charge is 1.00 e. The van der Waals surface area contributed by atoms with Gasteiger partial charge in [0.15, 0.2) is 11.6 Å². The van der Waals surface area contributed by atoms with Crippen LogP contribution in [0.5, 0.6) is 11.5 Å². The van der Waals surface area contributed by atoms with E-state index in [1.807, 2.05) is 48.5 Å². The lowest BCUT2D eigenvalue weighted by molar-refractivity contribution is -0.0000258. The molecule has 2 aromatic carbocycles. The van der Waals surface area contributed by atoms with E-state index in [9.17, 15) is 9.59 Å². The number of carbonyl (C=O) groups excluding carboxylic acids is 2. The second-order valence-electron chi connectivity index (χ2n) is 11.4. The molecular weight excluding hydrogens is 488 g/mol. The number of Topliss-reactive ketones (excluding diaryl/α,β-unsaturated/α-hetero) is 2. The highest BCUT2D eigenvalue weighted by atomic mass is 35.5. The molecule has 7 heteroatoms. The van der Waals surface area contributed by atoms with Gasteiger partial charge in [-0.1, -0.05) is 0 Å². The molecule has 2 N–H and O–H groups in total. The average Bonchev–Trinajstić information content (AvgIpc) is 2.83. The number of benzene rings is 2. The lowest BCUT2D eigenvalue weighted by Crippen LogP contribution is -3.00. The van der Waals surface area contributed by atoms with Gasteiger partial charge in [-0.2, -0.15) is 0 Å². The van der Waals surface area contributed by atoms with Crippen LogP contribution in [0.1, 0.15) is 75.1 Å². The predicted octanol–water partition coefficient (Wildman–Crippen LogP) is 2.56. The summed E-state index contributed by atoms with van der Waals surface area (Å²) in [5.74, 6) is 1.09. The van der Waals surface area contributed by atoms with Crippen molar-refractivity contribution in [3.8, 4) is 11.5 Å². The molecule has 37 heavy (non-hydrogen) atoms. The topological polar surface area (TPSA) is 76.7 Å². The summed E-state index contributed by atoms with van der Waals surface area (Å²) in [7, 11) is 3.22. The Morgan fingerprint density at radius 3 is 1.19 bits per heavy atom. The van der Waals surface area contributed by atoms with Crippen molar-refractivity contribution in [2.24, 2.45) is 11.8 Å². The third-order valence-electron chi connectivity index (χ3n) is 6.11. The summed E-state index contributed by atoms with van der Waals surface area (Å²) >= 11 is 0. The van der Waals surface area contributed by atoms with E-state index < -0.39 is 0 Å². The minimum atomic E-state index is -0.251. The van der Waals surface area contributed by atoms with Crippen LogP contribution < -0.4 is 32.5 Å². The molecule has 6 nitrogen and oxygen atoms in total. The zero-order valence-electron chi connectivity index (χ0n) is 23.6. The fourth-order valence-electron chi connectivity index (χ4n) is 3.89. The Bertz CT molecular complexity index is 895. The second kappa shape index (κ2) is 14.5. The Labute approximate surface area is 229 Å². The van der Waals surface area contributed by atoms with Gasteiger partial charge in [-0.15, -0.1) is 0 Å². The summed E-state index contributed by atoms with van der Waals surface area (Å²) in [4.78, 5) is 27.0. The maximum Gasteiger partial charge on any atom is 0.167 e. The van der Waals surface area contributed by atoms with Gasteiger partial charge in [0, 0.05) is 47.1 Å². The highest BCUT2D eigenvalue weighted by Gasteiger charge is 2.27. The Morgan fingerprint density at radius 1 is 0.649 bits per heavy atom. The van der Waals surface area contributed by atoms with E-state index in [1.54, 1.807) is 14.2 Å². The minimum absolute atomic E-state index is 0. The van der Waals surface area contributed by atoms with E-state index in [2.05, 4.69) is 52.2 Å². The van der Waals surface area contributed by atoms with Crippen molar-refractivity contribution < 1.29 is 31.5 Å². The van der Waals surface area contributed by atoms with Crippen LogP contribution in [0.3, 0.4) is 0 Å². The Balaban J connectivity index is 0.00000684. The third-order valence-corrected chi connectivity index (χ3v) is 6.11. The SMILES string of the molecule is COc1ccc(C(=O)C(CCC(CNC(C)(C)C)C(=O)c2ccc(OC)cc2)CNC(C)(C)C)cc1.[Cl-]. The number of carbonyl (C=O) groups is 2. The van der Waals surface area contributed by atoms with Gasteiger partial charge >= 0.3 is 0 Å². The quantitative estimate of drug-likeness (QED) is 0.387. The molecule has 0 saturated carbocycles. The standard InChI is InChI=1S/C30H44N2O4.ClH/c1-29(2,3)31-19-23(27(33)21-11-15-25(35-7)16-12-21)9-10-24(20-32-30(4,5)6)28(34)22-13-17-26(36-8)18-14-22;/h11-18,23-24,31-32H,9-10,19-20H2,1-8H3;1H/p-1. The van der Waals surface area contributed by atoms with E-state index in [0.717, 1.165) is 0 Å². The van der Waals surface area contributed by atoms with Crippen molar-refractivity contribution in [2.75, 3.05) is 27.3 Å². The zero-order valence-corrected chi connectivity index (χ0v) is 24.4. The zero-order chi connectivity index (χ0) is 26.9. The average molecular weight is 532 g/mol. The Hall–Kier alpha value is -2.41. The molecule has 0 amide bonds. The summed E-state index contributed by atoms with van der Waals surface area (Å²) in [6, 6.07) is 14.5. The summed E-state index contributed by atoms with van der Waals surface area (Å²) in [6.45, 7) is 13.6. The van der Waals surface area contributed by atoms with E-state index in [1.165, 1.54) is 0 Å². The first-order chi connectivity index (χ1) is 16.8. The van der Waals surface area contributed by atoms with E-state index in [-0.39, 0.29) is 46.9 Å². The molecule has 0 bridgehead atoms. The van der Waals surface area contributed by atoms with Crippen molar-refractivity contribution in [1.82, 2.24) is 10.6 Å². The monoisotopic (exact) mass is 531 g/mol. The molecule has 0 spiro atoms. The molecule has 0 saturated heterocycles. The van der Waals surface area contributed by atoms with E-state index in [0.29, 0.717) is 48.6 Å². The molecule has 0 aliphatic carbocycles. The smallest absolute Gasteiger partial charge is 0.167 e. The van der Waals surface area contributed by atoms with Crippen LogP contribution in [-0.2, 0) is 0 Å². The van der Waals surface area contributed by atoms with Gasteiger partial charge in [-0.25, -0.2) is 0 Å². The number of nitrogens with one attached hydrogen (secondary N) is 2. The van der Waals surface area contributed by atoms with Crippen molar-refractivity contribution in [3.05, 3.63) is 59.7 Å². The van der Waals surface area contributed by atoms with Crippen LogP contribution in [0.25, 0.3) is 0 Å². The number of halogens is 1. The summed E-state index contributed by atoms with van der Waals surface area (Å²) in [5, 5.41) is 6.98. The molecule has 2 atom stereocenters. The van der Waals surface area contributed by atoms with Gasteiger partial charge in [0.2, 0.25) is 0 Å². The minimum Gasteiger partial charge on any atom is -1.00 e. The normalized spacial score (nSPS) is 13.3. The van der Waals surface area contributed by atoms with Crippen molar-refractivity contribution in [3.63, 3.8) is 0 Å². The molecule has 0 aliphatic rings. The van der Waals surface area contributed by atoms with Crippen LogP contribution in [0.2, 0.25) is 0 Å². The van der Waals surface area contributed by atoms with Gasteiger partial charge < -0.3 is 32.5 Å². The molecule has 0 aliphatic heterocycles. The van der Waals surface area contributed by atoms with Crippen LogP contribution >= 0.6 is 0 Å². The molecule has 2 rings (SSSR count). The molecule has 0 radical (unpaired) electrons. The fraction of sp³-hybridized carbons (Fsp3) is 0.533. The van der Waals surface area contributed by atoms with Gasteiger partial charge in [0.1, 0.15) is 11.5 Å². The molecule has 0 fully saturated rings. The first-order valence-corrected chi connectivity index (χ1v) is 12.7. The van der Waals surface area contributed by atoms with E-state index >= 15 is 0 Å². The van der Waals surface area contributed by atoms with Gasteiger partial charge in [-0.05, 0) is 103 Å². The van der Waals surface area contributed by atoms with E-state index in [4.69, 9.17) is 9.47 Å². The van der Waals surface area contributed by atoms with Crippen molar-refractivity contribution in [1.29, 1.82) is 0 Å². The maximum atomic E-state index is 13.5. The molecular formula is C30H44ClN2O4-. The van der Waals surface area contributed by atoms with Gasteiger partial charge in [0.25, 0.3) is 0 Å². The Kier molecular flexibility index (Phi) is 12.8. The number of hydrogen-bond donors (Lipinski definition) is 2.